The fourth-order valence-electron chi connectivity index (χ4n) is 3.75. The Morgan fingerprint density at radius 2 is 1.91 bits per heavy atom. The van der Waals surface area contributed by atoms with Crippen LogP contribution in [-0.2, 0) is 14.8 Å². The van der Waals surface area contributed by atoms with Crippen molar-refractivity contribution in [2.45, 2.75) is 50.1 Å². The molecule has 1 aromatic heterocycles. The third kappa shape index (κ3) is 2.58. The van der Waals surface area contributed by atoms with Gasteiger partial charge in [-0.1, -0.05) is 0 Å². The van der Waals surface area contributed by atoms with Gasteiger partial charge in [0.05, 0.1) is 7.11 Å². The number of carbonyl (C=O) groups excluding carboxylic acids is 1. The topological polar surface area (TPSA) is 88.8 Å². The lowest BCUT2D eigenvalue weighted by molar-refractivity contribution is 0.0594. The van der Waals surface area contributed by atoms with E-state index < -0.39 is 16.0 Å². The summed E-state index contributed by atoms with van der Waals surface area (Å²) in [7, 11) is -2.58. The van der Waals surface area contributed by atoms with Crippen LogP contribution < -0.4 is 5.32 Å². The van der Waals surface area contributed by atoms with E-state index in [1.54, 1.807) is 18.2 Å². The molecule has 0 spiro atoms. The van der Waals surface area contributed by atoms with Crippen LogP contribution in [0.1, 0.15) is 41.1 Å². The highest BCUT2D eigenvalue weighted by Crippen LogP contribution is 2.37. The lowest BCUT2D eigenvalue weighted by atomic mass is 10.1. The SMILES string of the molecule is COC(=O)c1c(C)oc(C)c1S(=O)(=O)N1C2CCNCC1CC2. The monoisotopic (exact) mass is 342 g/mol. The van der Waals surface area contributed by atoms with Gasteiger partial charge in [-0.05, 0) is 39.7 Å². The number of hydrogen-bond donors (Lipinski definition) is 1. The van der Waals surface area contributed by atoms with Crippen molar-refractivity contribution >= 4 is 16.0 Å². The zero-order valence-corrected chi connectivity index (χ0v) is 14.4. The van der Waals surface area contributed by atoms with Crippen molar-refractivity contribution in [3.8, 4) is 0 Å². The number of methoxy groups -OCH3 is 1. The maximum Gasteiger partial charge on any atom is 0.342 e. The number of esters is 1. The molecule has 2 saturated heterocycles. The molecule has 128 valence electrons. The fourth-order valence-corrected chi connectivity index (χ4v) is 6.02. The van der Waals surface area contributed by atoms with Gasteiger partial charge in [0.25, 0.3) is 0 Å². The number of aryl methyl sites for hydroxylation is 2. The molecule has 0 aliphatic carbocycles. The molecule has 0 radical (unpaired) electrons. The first-order valence-electron chi connectivity index (χ1n) is 7.80. The average molecular weight is 342 g/mol. The van der Waals surface area contributed by atoms with Crippen LogP contribution in [0.15, 0.2) is 9.31 Å². The van der Waals surface area contributed by atoms with Crippen molar-refractivity contribution in [3.05, 3.63) is 17.1 Å². The molecule has 2 aliphatic rings. The van der Waals surface area contributed by atoms with Gasteiger partial charge in [0.1, 0.15) is 22.0 Å². The normalized spacial score (nSPS) is 25.3. The molecule has 3 rings (SSSR count). The van der Waals surface area contributed by atoms with Gasteiger partial charge in [-0.25, -0.2) is 13.2 Å². The molecular weight excluding hydrogens is 320 g/mol. The van der Waals surface area contributed by atoms with E-state index in [9.17, 15) is 13.2 Å². The predicted octanol–water partition coefficient (Wildman–Crippen LogP) is 1.20. The van der Waals surface area contributed by atoms with Crippen molar-refractivity contribution in [2.75, 3.05) is 20.2 Å². The molecule has 0 saturated carbocycles. The summed E-state index contributed by atoms with van der Waals surface area (Å²) in [5.74, 6) is -0.175. The summed E-state index contributed by atoms with van der Waals surface area (Å²) >= 11 is 0. The van der Waals surface area contributed by atoms with Crippen LogP contribution in [0.5, 0.6) is 0 Å². The van der Waals surface area contributed by atoms with Gasteiger partial charge in [-0.2, -0.15) is 4.31 Å². The van der Waals surface area contributed by atoms with E-state index in [1.807, 2.05) is 0 Å². The van der Waals surface area contributed by atoms with Crippen LogP contribution in [0.2, 0.25) is 0 Å². The van der Waals surface area contributed by atoms with Gasteiger partial charge in [-0.3, -0.25) is 0 Å². The molecule has 0 aromatic carbocycles. The number of fused-ring (bicyclic) bond motifs is 2. The average Bonchev–Trinajstić information content (AvgIpc) is 2.93. The highest BCUT2D eigenvalue weighted by Gasteiger charge is 2.46. The molecule has 0 amide bonds. The smallest absolute Gasteiger partial charge is 0.342 e. The molecule has 2 unspecified atom stereocenters. The summed E-state index contributed by atoms with van der Waals surface area (Å²) < 4.78 is 38.4. The van der Waals surface area contributed by atoms with Crippen LogP contribution in [0, 0.1) is 13.8 Å². The van der Waals surface area contributed by atoms with Crippen LogP contribution in [0.4, 0.5) is 0 Å². The summed E-state index contributed by atoms with van der Waals surface area (Å²) in [6.07, 6.45) is 2.47. The van der Waals surface area contributed by atoms with E-state index in [0.717, 1.165) is 25.8 Å². The van der Waals surface area contributed by atoms with Gasteiger partial charge in [-0.15, -0.1) is 0 Å². The van der Waals surface area contributed by atoms with Gasteiger partial charge < -0.3 is 14.5 Å². The minimum atomic E-state index is -3.82. The van der Waals surface area contributed by atoms with Crippen LogP contribution in [0.25, 0.3) is 0 Å². The Kier molecular flexibility index (Phi) is 4.24. The standard InChI is InChI=1S/C15H22N2O5S/c1-9-13(15(18)21-3)14(10(2)22-9)23(19,20)17-11-4-5-12(17)8-16-7-6-11/h11-12,16H,4-8H2,1-3H3. The Balaban J connectivity index is 2.12. The van der Waals surface area contributed by atoms with Crippen molar-refractivity contribution < 1.29 is 22.4 Å². The van der Waals surface area contributed by atoms with Gasteiger partial charge in [0, 0.05) is 18.6 Å². The number of sulfonamides is 1. The van der Waals surface area contributed by atoms with E-state index in [0.29, 0.717) is 6.54 Å². The first-order chi connectivity index (χ1) is 10.9. The number of ether oxygens (including phenoxy) is 1. The van der Waals surface area contributed by atoms with E-state index in [4.69, 9.17) is 9.15 Å². The molecule has 2 aliphatic heterocycles. The summed E-state index contributed by atoms with van der Waals surface area (Å²) in [5.41, 5.74) is 0.0154. The highest BCUT2D eigenvalue weighted by molar-refractivity contribution is 7.89. The highest BCUT2D eigenvalue weighted by atomic mass is 32.2. The van der Waals surface area contributed by atoms with Crippen molar-refractivity contribution in [1.82, 2.24) is 9.62 Å². The molecule has 7 nitrogen and oxygen atoms in total. The van der Waals surface area contributed by atoms with Gasteiger partial charge >= 0.3 is 5.97 Å². The Bertz CT molecular complexity index is 710. The number of nitrogens with one attached hydrogen (secondary N) is 1. The maximum absolute atomic E-state index is 13.3. The second-order valence-corrected chi connectivity index (χ2v) is 7.90. The van der Waals surface area contributed by atoms with Gasteiger partial charge in [0.2, 0.25) is 10.0 Å². The van der Waals surface area contributed by atoms with E-state index >= 15 is 0 Å². The van der Waals surface area contributed by atoms with E-state index in [1.165, 1.54) is 7.11 Å². The van der Waals surface area contributed by atoms with Crippen molar-refractivity contribution in [3.63, 3.8) is 0 Å². The maximum atomic E-state index is 13.3. The molecule has 8 heteroatoms. The zero-order valence-electron chi connectivity index (χ0n) is 13.6. The van der Waals surface area contributed by atoms with Gasteiger partial charge in [0.15, 0.2) is 0 Å². The quantitative estimate of drug-likeness (QED) is 0.830. The van der Waals surface area contributed by atoms with Crippen molar-refractivity contribution in [2.24, 2.45) is 0 Å². The lowest BCUT2D eigenvalue weighted by Crippen LogP contribution is -2.43. The second kappa shape index (κ2) is 5.92. The largest absolute Gasteiger partial charge is 0.465 e. The minimum Gasteiger partial charge on any atom is -0.465 e. The Morgan fingerprint density at radius 3 is 2.61 bits per heavy atom. The number of furan rings is 1. The molecular formula is C15H22N2O5S. The third-order valence-corrected chi connectivity index (χ3v) is 6.88. The minimum absolute atomic E-state index is 0.0154. The molecule has 2 fully saturated rings. The number of hydrogen-bond acceptors (Lipinski definition) is 6. The first-order valence-corrected chi connectivity index (χ1v) is 9.24. The third-order valence-electron chi connectivity index (χ3n) is 4.72. The Morgan fingerprint density at radius 1 is 1.22 bits per heavy atom. The molecule has 2 bridgehead atoms. The van der Waals surface area contributed by atoms with Crippen LogP contribution >= 0.6 is 0 Å². The second-order valence-electron chi connectivity index (χ2n) is 6.12. The zero-order chi connectivity index (χ0) is 16.8. The number of rotatable bonds is 3. The molecule has 3 heterocycles. The van der Waals surface area contributed by atoms with Crippen LogP contribution in [0.3, 0.4) is 0 Å². The summed E-state index contributed by atoms with van der Waals surface area (Å²) in [6.45, 7) is 4.60. The Labute approximate surface area is 136 Å². The van der Waals surface area contributed by atoms with E-state index in [-0.39, 0.29) is 34.1 Å². The number of carbonyl (C=O) groups is 1. The summed E-state index contributed by atoms with van der Waals surface area (Å²) in [5, 5.41) is 3.28. The molecule has 2 atom stereocenters. The lowest BCUT2D eigenvalue weighted by Gasteiger charge is -2.26. The molecule has 1 aromatic rings. The molecule has 23 heavy (non-hydrogen) atoms. The summed E-state index contributed by atoms with van der Waals surface area (Å²) in [6, 6.07) is -0.104. The van der Waals surface area contributed by atoms with Crippen LogP contribution in [-0.4, -0.2) is 51.0 Å². The predicted molar refractivity (Wildman–Crippen MR) is 82.8 cm³/mol. The fraction of sp³-hybridized carbons (Fsp3) is 0.667. The Hall–Kier alpha value is -1.38. The van der Waals surface area contributed by atoms with E-state index in [2.05, 4.69) is 5.32 Å². The first kappa shape index (κ1) is 16.5. The summed E-state index contributed by atoms with van der Waals surface area (Å²) in [4.78, 5) is 12.0. The molecule has 1 N–H and O–H groups in total. The van der Waals surface area contributed by atoms with Crippen molar-refractivity contribution in [1.29, 1.82) is 0 Å². The number of nitrogens with zero attached hydrogens (tertiary/aromatic N) is 1.